The first-order valence-electron chi connectivity index (χ1n) is 14.2. The second-order valence-electron chi connectivity index (χ2n) is 10.6. The first-order valence-corrected chi connectivity index (χ1v) is 14.2. The second kappa shape index (κ2) is 14.3. The molecule has 5 rings (SSSR count). The van der Waals surface area contributed by atoms with Crippen molar-refractivity contribution in [2.75, 3.05) is 7.11 Å². The van der Waals surface area contributed by atoms with E-state index in [1.54, 1.807) is 7.11 Å². The lowest BCUT2D eigenvalue weighted by Crippen LogP contribution is -2.55. The van der Waals surface area contributed by atoms with Crippen molar-refractivity contribution >= 4 is 0 Å². The Balaban J connectivity index is 1.22. The van der Waals surface area contributed by atoms with Gasteiger partial charge in [-0.15, -0.1) is 0 Å². The summed E-state index contributed by atoms with van der Waals surface area (Å²) in [4.78, 5) is 0. The van der Waals surface area contributed by atoms with Crippen LogP contribution in [0.15, 0.2) is 84.9 Å². The van der Waals surface area contributed by atoms with Crippen molar-refractivity contribution in [3.63, 3.8) is 0 Å². The van der Waals surface area contributed by atoms with Crippen LogP contribution in [-0.2, 0) is 36.9 Å². The van der Waals surface area contributed by atoms with Gasteiger partial charge in [-0.25, -0.2) is 0 Å². The van der Waals surface area contributed by atoms with Gasteiger partial charge in [0, 0.05) is 12.8 Å². The number of benzene rings is 3. The molecule has 2 aliphatic rings. The Labute approximate surface area is 242 Å². The highest BCUT2D eigenvalue weighted by Gasteiger charge is 2.44. The molecule has 1 N–H and O–H groups in total. The van der Waals surface area contributed by atoms with Gasteiger partial charge < -0.3 is 38.3 Å². The summed E-state index contributed by atoms with van der Waals surface area (Å²) in [6, 6.07) is 27.3. The minimum absolute atomic E-state index is 0.282. The Bertz CT molecular complexity index is 1160. The Morgan fingerprint density at radius 3 is 1.85 bits per heavy atom. The second-order valence-corrected chi connectivity index (χ2v) is 10.6. The average Bonchev–Trinajstić information content (AvgIpc) is 2.98. The maximum absolute atomic E-state index is 11.0. The molecule has 8 nitrogen and oxygen atoms in total. The molecule has 2 heterocycles. The first-order chi connectivity index (χ1) is 20.0. The molecule has 220 valence electrons. The highest BCUT2D eigenvalue weighted by atomic mass is 16.7. The molecule has 0 saturated carbocycles. The Kier molecular flexibility index (Phi) is 10.3. The van der Waals surface area contributed by atoms with E-state index in [1.165, 1.54) is 0 Å². The van der Waals surface area contributed by atoms with Crippen LogP contribution in [0.3, 0.4) is 0 Å². The molecule has 2 saturated heterocycles. The minimum atomic E-state index is -0.734. The highest BCUT2D eigenvalue weighted by molar-refractivity contribution is 5.31. The van der Waals surface area contributed by atoms with Crippen LogP contribution < -0.4 is 9.47 Å². The highest BCUT2D eigenvalue weighted by Crippen LogP contribution is 2.32. The number of aliphatic hydroxyl groups excluding tert-OH is 1. The van der Waals surface area contributed by atoms with Gasteiger partial charge in [-0.2, -0.15) is 0 Å². The van der Waals surface area contributed by atoms with Gasteiger partial charge >= 0.3 is 0 Å². The van der Waals surface area contributed by atoms with Gasteiger partial charge in [-0.1, -0.05) is 60.7 Å². The van der Waals surface area contributed by atoms with Crippen molar-refractivity contribution < 1.29 is 38.3 Å². The summed E-state index contributed by atoms with van der Waals surface area (Å²) in [5.41, 5.74) is 2.11. The van der Waals surface area contributed by atoms with Gasteiger partial charge in [0.25, 0.3) is 0 Å². The zero-order valence-corrected chi connectivity index (χ0v) is 23.8. The Morgan fingerprint density at radius 1 is 0.683 bits per heavy atom. The number of rotatable bonds is 11. The third kappa shape index (κ3) is 8.07. The average molecular weight is 565 g/mol. The van der Waals surface area contributed by atoms with Gasteiger partial charge in [-0.3, -0.25) is 0 Å². The lowest BCUT2D eigenvalue weighted by Gasteiger charge is -2.44. The van der Waals surface area contributed by atoms with E-state index >= 15 is 0 Å². The fourth-order valence-corrected chi connectivity index (χ4v) is 5.31. The van der Waals surface area contributed by atoms with Gasteiger partial charge in [-0.05, 0) is 49.2 Å². The van der Waals surface area contributed by atoms with Crippen molar-refractivity contribution in [2.45, 2.75) is 89.1 Å². The summed E-state index contributed by atoms with van der Waals surface area (Å²) in [6.45, 7) is 4.67. The van der Waals surface area contributed by atoms with Crippen LogP contribution in [0.4, 0.5) is 0 Å². The molecule has 3 aromatic rings. The van der Waals surface area contributed by atoms with E-state index in [1.807, 2.05) is 98.8 Å². The third-order valence-corrected chi connectivity index (χ3v) is 7.49. The van der Waals surface area contributed by atoms with E-state index in [9.17, 15) is 5.11 Å². The molecule has 0 spiro atoms. The van der Waals surface area contributed by atoms with E-state index in [0.29, 0.717) is 25.4 Å². The number of ether oxygens (including phenoxy) is 7. The summed E-state index contributed by atoms with van der Waals surface area (Å²) in [7, 11) is 1.63. The monoisotopic (exact) mass is 564 g/mol. The SMILES string of the molecule is COc1ccc(O[C@H]2C[C@@H](OCc3ccccc3)[C@H](O[C@H]3C[C@@H](O)[C@H](OCc4ccccc4)[C@@H](C)O3)[C@@H](C)O2)cc1. The van der Waals surface area contributed by atoms with Crippen LogP contribution >= 0.6 is 0 Å². The molecule has 0 amide bonds. The van der Waals surface area contributed by atoms with Crippen LogP contribution in [0.2, 0.25) is 0 Å². The fraction of sp³-hybridized carbons (Fsp3) is 0.455. The minimum Gasteiger partial charge on any atom is -0.497 e. The Morgan fingerprint density at radius 2 is 1.24 bits per heavy atom. The third-order valence-electron chi connectivity index (χ3n) is 7.49. The number of hydrogen-bond donors (Lipinski definition) is 1. The topological polar surface area (TPSA) is 84.8 Å². The molecule has 3 aromatic carbocycles. The molecule has 41 heavy (non-hydrogen) atoms. The summed E-state index contributed by atoms with van der Waals surface area (Å²) in [6.07, 6.45) is -3.07. The summed E-state index contributed by atoms with van der Waals surface area (Å²) >= 11 is 0. The molecule has 2 fully saturated rings. The van der Waals surface area contributed by atoms with Crippen LogP contribution in [-0.4, -0.2) is 61.4 Å². The molecule has 8 atom stereocenters. The largest absolute Gasteiger partial charge is 0.497 e. The van der Waals surface area contributed by atoms with Gasteiger partial charge in [0.05, 0.1) is 44.7 Å². The van der Waals surface area contributed by atoms with E-state index < -0.39 is 30.9 Å². The zero-order valence-electron chi connectivity index (χ0n) is 23.8. The van der Waals surface area contributed by atoms with Crippen LogP contribution in [0.1, 0.15) is 37.8 Å². The maximum atomic E-state index is 11.0. The number of methoxy groups -OCH3 is 1. The van der Waals surface area contributed by atoms with Gasteiger partial charge in [0.1, 0.15) is 23.7 Å². The standard InChI is InChI=1S/C33H40O8/c1-22-32(37-21-25-12-8-5-9-13-25)28(34)18-30(38-22)41-33-23(2)39-31(40-27-16-14-26(35-3)15-17-27)19-29(33)36-20-24-10-6-4-7-11-24/h4-17,22-23,28-34H,18-21H2,1-3H3/t22-,23-,28-,29-,30+,31+,32-,33-/m1/s1. The number of hydrogen-bond acceptors (Lipinski definition) is 8. The predicted octanol–water partition coefficient (Wildman–Crippen LogP) is 5.26. The molecular weight excluding hydrogens is 524 g/mol. The van der Waals surface area contributed by atoms with Crippen molar-refractivity contribution in [1.29, 1.82) is 0 Å². The van der Waals surface area contributed by atoms with Crippen LogP contribution in [0.25, 0.3) is 0 Å². The van der Waals surface area contributed by atoms with Crippen LogP contribution in [0.5, 0.6) is 11.5 Å². The molecule has 0 unspecified atom stereocenters. The van der Waals surface area contributed by atoms with E-state index in [2.05, 4.69) is 0 Å². The summed E-state index contributed by atoms with van der Waals surface area (Å²) in [5.74, 6) is 1.43. The van der Waals surface area contributed by atoms with E-state index in [0.717, 1.165) is 16.9 Å². The lowest BCUT2D eigenvalue weighted by atomic mass is 10.00. The lowest BCUT2D eigenvalue weighted by molar-refractivity contribution is -0.312. The first kappa shape index (κ1) is 29.5. The van der Waals surface area contributed by atoms with Gasteiger partial charge in [0.15, 0.2) is 6.29 Å². The Hall–Kier alpha value is -2.98. The quantitative estimate of drug-likeness (QED) is 0.338. The summed E-state index contributed by atoms with van der Waals surface area (Å²) in [5, 5.41) is 11.0. The zero-order chi connectivity index (χ0) is 28.6. The molecule has 2 aliphatic heterocycles. The summed E-state index contributed by atoms with van der Waals surface area (Å²) < 4.78 is 42.8. The molecule has 0 bridgehead atoms. The maximum Gasteiger partial charge on any atom is 0.202 e. The predicted molar refractivity (Wildman–Crippen MR) is 152 cm³/mol. The normalized spacial score (nSPS) is 30.0. The van der Waals surface area contributed by atoms with Crippen molar-refractivity contribution in [3.8, 4) is 11.5 Å². The number of aliphatic hydroxyl groups is 1. The van der Waals surface area contributed by atoms with Crippen molar-refractivity contribution in [2.24, 2.45) is 0 Å². The van der Waals surface area contributed by atoms with Crippen molar-refractivity contribution in [1.82, 2.24) is 0 Å². The molecular formula is C33H40O8. The molecule has 0 aliphatic carbocycles. The molecule has 0 aromatic heterocycles. The fourth-order valence-electron chi connectivity index (χ4n) is 5.31. The van der Waals surface area contributed by atoms with E-state index in [4.69, 9.17) is 33.2 Å². The smallest absolute Gasteiger partial charge is 0.202 e. The van der Waals surface area contributed by atoms with E-state index in [-0.39, 0.29) is 24.7 Å². The van der Waals surface area contributed by atoms with Gasteiger partial charge in [0.2, 0.25) is 6.29 Å². The van der Waals surface area contributed by atoms with Crippen LogP contribution in [0, 0.1) is 0 Å². The van der Waals surface area contributed by atoms with Crippen molar-refractivity contribution in [3.05, 3.63) is 96.1 Å². The molecule has 8 heteroatoms. The molecule has 0 radical (unpaired) electrons.